The van der Waals surface area contributed by atoms with Gasteiger partial charge < -0.3 is 14.7 Å². The number of rotatable bonds is 2. The monoisotopic (exact) mass is 335 g/mol. The van der Waals surface area contributed by atoms with E-state index in [0.717, 1.165) is 12.8 Å². The fourth-order valence-corrected chi connectivity index (χ4v) is 2.81. The number of carbonyl (C=O) groups excluding carboxylic acids is 1. The van der Waals surface area contributed by atoms with Crippen molar-refractivity contribution in [2.24, 2.45) is 5.41 Å². The molecular formula is C14H26BrNO3. The maximum atomic E-state index is 12.3. The van der Waals surface area contributed by atoms with Gasteiger partial charge >= 0.3 is 6.09 Å². The summed E-state index contributed by atoms with van der Waals surface area (Å²) in [5, 5.41) is 10.5. The summed E-state index contributed by atoms with van der Waals surface area (Å²) in [5.41, 5.74) is -0.442. The average Bonchev–Trinajstić information content (AvgIpc) is 2.24. The predicted molar refractivity (Wildman–Crippen MR) is 79.5 cm³/mol. The Labute approximate surface area is 124 Å². The fourth-order valence-electron chi connectivity index (χ4n) is 2.38. The second-order valence-corrected chi connectivity index (χ2v) is 7.75. The zero-order valence-electron chi connectivity index (χ0n) is 12.6. The van der Waals surface area contributed by atoms with E-state index in [-0.39, 0.29) is 17.6 Å². The Morgan fingerprint density at radius 3 is 2.58 bits per heavy atom. The van der Waals surface area contributed by atoms with E-state index in [4.69, 9.17) is 4.74 Å². The van der Waals surface area contributed by atoms with Crippen LogP contribution in [0, 0.1) is 5.41 Å². The number of hydrogen-bond acceptors (Lipinski definition) is 3. The van der Waals surface area contributed by atoms with Gasteiger partial charge in [-0.3, -0.25) is 0 Å². The topological polar surface area (TPSA) is 49.8 Å². The number of aliphatic hydroxyl groups excluding tert-OH is 1. The highest BCUT2D eigenvalue weighted by Gasteiger charge is 2.40. The van der Waals surface area contributed by atoms with Crippen LogP contribution in [0.1, 0.15) is 47.5 Å². The van der Waals surface area contributed by atoms with Crippen LogP contribution in [0.2, 0.25) is 0 Å². The van der Waals surface area contributed by atoms with E-state index in [9.17, 15) is 9.90 Å². The SMILES string of the molecule is CC1(C)CCC(C(O)CBr)N(C(=O)OC(C)(C)C)C1. The van der Waals surface area contributed by atoms with Crippen LogP contribution in [0.25, 0.3) is 0 Å². The van der Waals surface area contributed by atoms with Crippen LogP contribution >= 0.6 is 15.9 Å². The van der Waals surface area contributed by atoms with Gasteiger partial charge in [0.1, 0.15) is 5.60 Å². The Hall–Kier alpha value is -0.290. The third kappa shape index (κ3) is 4.95. The summed E-state index contributed by atoms with van der Waals surface area (Å²) >= 11 is 3.29. The Balaban J connectivity index is 2.85. The minimum Gasteiger partial charge on any atom is -0.444 e. The van der Waals surface area contributed by atoms with E-state index < -0.39 is 11.7 Å². The zero-order valence-corrected chi connectivity index (χ0v) is 14.2. The number of carbonyl (C=O) groups is 1. The Morgan fingerprint density at radius 2 is 2.11 bits per heavy atom. The van der Waals surface area contributed by atoms with E-state index in [1.807, 2.05) is 20.8 Å². The van der Waals surface area contributed by atoms with Gasteiger partial charge in [-0.25, -0.2) is 4.79 Å². The Kier molecular flexibility index (Phi) is 5.29. The molecule has 1 amide bonds. The second-order valence-electron chi connectivity index (χ2n) is 7.10. The molecule has 1 fully saturated rings. The Morgan fingerprint density at radius 1 is 1.53 bits per heavy atom. The van der Waals surface area contributed by atoms with Gasteiger partial charge in [0.25, 0.3) is 0 Å². The summed E-state index contributed by atoms with van der Waals surface area (Å²) in [6, 6.07) is -0.165. The maximum absolute atomic E-state index is 12.3. The highest BCUT2D eigenvalue weighted by molar-refractivity contribution is 9.09. The van der Waals surface area contributed by atoms with Crippen molar-refractivity contribution < 1.29 is 14.6 Å². The van der Waals surface area contributed by atoms with Gasteiger partial charge in [0.15, 0.2) is 0 Å². The number of alkyl halides is 1. The number of nitrogens with zero attached hydrogens (tertiary/aromatic N) is 1. The first-order chi connectivity index (χ1) is 8.56. The van der Waals surface area contributed by atoms with Gasteiger partial charge in [-0.1, -0.05) is 29.8 Å². The van der Waals surface area contributed by atoms with Gasteiger partial charge in [-0.05, 0) is 39.0 Å². The molecule has 1 rings (SSSR count). The minimum atomic E-state index is -0.552. The molecule has 1 aliphatic rings. The van der Waals surface area contributed by atoms with Crippen molar-refractivity contribution in [2.75, 3.05) is 11.9 Å². The molecule has 0 aromatic rings. The summed E-state index contributed by atoms with van der Waals surface area (Å²) in [5.74, 6) is 0. The first-order valence-corrected chi connectivity index (χ1v) is 7.91. The summed E-state index contributed by atoms with van der Waals surface area (Å²) in [4.78, 5) is 14.0. The van der Waals surface area contributed by atoms with E-state index in [2.05, 4.69) is 29.8 Å². The summed E-state index contributed by atoms with van der Waals surface area (Å²) in [7, 11) is 0. The van der Waals surface area contributed by atoms with E-state index >= 15 is 0 Å². The van der Waals surface area contributed by atoms with Gasteiger partial charge in [0, 0.05) is 11.9 Å². The minimum absolute atomic E-state index is 0.0689. The van der Waals surface area contributed by atoms with Crippen molar-refractivity contribution in [3.8, 4) is 0 Å². The van der Waals surface area contributed by atoms with Crippen molar-refractivity contribution in [2.45, 2.75) is 65.2 Å². The van der Waals surface area contributed by atoms with E-state index in [1.54, 1.807) is 4.90 Å². The Bertz CT molecular complexity index is 325. The normalized spacial score (nSPS) is 25.0. The molecule has 1 N–H and O–H groups in total. The molecule has 19 heavy (non-hydrogen) atoms. The molecule has 2 unspecified atom stereocenters. The van der Waals surface area contributed by atoms with Crippen molar-refractivity contribution in [3.05, 3.63) is 0 Å². The standard InChI is InChI=1S/C14H26BrNO3/c1-13(2,3)19-12(18)16-9-14(4,5)7-6-10(16)11(17)8-15/h10-11,17H,6-9H2,1-5H3. The highest BCUT2D eigenvalue weighted by Crippen LogP contribution is 2.34. The van der Waals surface area contributed by atoms with Gasteiger partial charge in [0.2, 0.25) is 0 Å². The number of aliphatic hydroxyl groups is 1. The number of halogens is 1. The van der Waals surface area contributed by atoms with Crippen LogP contribution in [0.4, 0.5) is 4.79 Å². The van der Waals surface area contributed by atoms with Gasteiger partial charge in [-0.15, -0.1) is 0 Å². The van der Waals surface area contributed by atoms with Crippen LogP contribution in [0.5, 0.6) is 0 Å². The molecule has 0 bridgehead atoms. The molecule has 1 heterocycles. The lowest BCUT2D eigenvalue weighted by atomic mass is 9.80. The molecular weight excluding hydrogens is 310 g/mol. The lowest BCUT2D eigenvalue weighted by molar-refractivity contribution is -0.0321. The lowest BCUT2D eigenvalue weighted by Crippen LogP contribution is -2.55. The molecule has 0 spiro atoms. The zero-order chi connectivity index (χ0) is 14.8. The molecule has 1 aliphatic heterocycles. The van der Waals surface area contributed by atoms with Crippen LogP contribution in [0.15, 0.2) is 0 Å². The van der Waals surface area contributed by atoms with Gasteiger partial charge in [0.05, 0.1) is 12.1 Å². The predicted octanol–water partition coefficient (Wildman–Crippen LogP) is 3.17. The molecule has 0 saturated carbocycles. The first-order valence-electron chi connectivity index (χ1n) is 6.79. The number of likely N-dealkylation sites (tertiary alicyclic amines) is 1. The summed E-state index contributed by atoms with van der Waals surface area (Å²) in [6.45, 7) is 10.5. The third-order valence-electron chi connectivity index (χ3n) is 3.35. The molecule has 112 valence electrons. The first kappa shape index (κ1) is 16.8. The summed E-state index contributed by atoms with van der Waals surface area (Å²) in [6.07, 6.45) is 0.925. The largest absolute Gasteiger partial charge is 0.444 e. The van der Waals surface area contributed by atoms with Crippen LogP contribution < -0.4 is 0 Å². The molecule has 1 saturated heterocycles. The lowest BCUT2D eigenvalue weighted by Gasteiger charge is -2.45. The van der Waals surface area contributed by atoms with Gasteiger partial charge in [-0.2, -0.15) is 0 Å². The average molecular weight is 336 g/mol. The van der Waals surface area contributed by atoms with E-state index in [1.165, 1.54) is 0 Å². The quantitative estimate of drug-likeness (QED) is 0.788. The van der Waals surface area contributed by atoms with Crippen LogP contribution in [-0.4, -0.2) is 45.7 Å². The van der Waals surface area contributed by atoms with Crippen molar-refractivity contribution in [1.29, 1.82) is 0 Å². The maximum Gasteiger partial charge on any atom is 0.410 e. The summed E-state index contributed by atoms with van der Waals surface area (Å²) < 4.78 is 5.46. The van der Waals surface area contributed by atoms with Crippen LogP contribution in [-0.2, 0) is 4.74 Å². The molecule has 0 aliphatic carbocycles. The van der Waals surface area contributed by atoms with E-state index in [0.29, 0.717) is 11.9 Å². The molecule has 4 nitrogen and oxygen atoms in total. The molecule has 2 atom stereocenters. The molecule has 0 aromatic heterocycles. The van der Waals surface area contributed by atoms with Crippen molar-refractivity contribution in [1.82, 2.24) is 4.90 Å². The molecule has 0 aromatic carbocycles. The number of piperidine rings is 1. The third-order valence-corrected chi connectivity index (χ3v) is 4.01. The van der Waals surface area contributed by atoms with Crippen LogP contribution in [0.3, 0.4) is 0 Å². The number of amides is 1. The number of hydrogen-bond donors (Lipinski definition) is 1. The van der Waals surface area contributed by atoms with Crippen molar-refractivity contribution >= 4 is 22.0 Å². The second kappa shape index (κ2) is 6.00. The smallest absolute Gasteiger partial charge is 0.410 e. The molecule has 5 heteroatoms. The number of ether oxygens (including phenoxy) is 1. The molecule has 0 radical (unpaired) electrons. The fraction of sp³-hybridized carbons (Fsp3) is 0.929. The highest BCUT2D eigenvalue weighted by atomic mass is 79.9. The van der Waals surface area contributed by atoms with Crippen molar-refractivity contribution in [3.63, 3.8) is 0 Å².